The van der Waals surface area contributed by atoms with E-state index in [0.29, 0.717) is 0 Å². The van der Waals surface area contributed by atoms with Gasteiger partial charge in [0.05, 0.1) is 17.1 Å². The largest absolute Gasteiger partial charge is 0.573 e. The van der Waals surface area contributed by atoms with Crippen molar-refractivity contribution in [3.8, 4) is 5.75 Å². The first-order valence-electron chi connectivity index (χ1n) is 4.52. The molecule has 1 aromatic rings. The van der Waals surface area contributed by atoms with Crippen LogP contribution in [0.4, 0.5) is 22.0 Å². The number of nitrogens with zero attached hydrogens (tertiary/aromatic N) is 1. The molecule has 0 spiro atoms. The van der Waals surface area contributed by atoms with Crippen LogP contribution < -0.4 is 4.74 Å². The van der Waals surface area contributed by atoms with Gasteiger partial charge in [0.15, 0.2) is 5.69 Å². The summed E-state index contributed by atoms with van der Waals surface area (Å²) >= 11 is 5.27. The van der Waals surface area contributed by atoms with Crippen LogP contribution in [-0.2, 0) is 5.88 Å². The van der Waals surface area contributed by atoms with E-state index < -0.39 is 47.3 Å². The zero-order valence-electron chi connectivity index (χ0n) is 8.84. The van der Waals surface area contributed by atoms with Crippen molar-refractivity contribution >= 4 is 17.6 Å². The number of alkyl halides is 6. The molecule has 1 N–H and O–H groups in total. The second kappa shape index (κ2) is 5.55. The Balaban J connectivity index is 3.45. The number of ether oxygens (including phenoxy) is 1. The molecule has 0 aliphatic heterocycles. The van der Waals surface area contributed by atoms with E-state index in [-0.39, 0.29) is 6.07 Å². The van der Waals surface area contributed by atoms with E-state index >= 15 is 0 Å². The summed E-state index contributed by atoms with van der Waals surface area (Å²) in [7, 11) is 0. The summed E-state index contributed by atoms with van der Waals surface area (Å²) < 4.78 is 65.0. The average molecular weight is 306 g/mol. The Labute approximate surface area is 107 Å². The summed E-state index contributed by atoms with van der Waals surface area (Å²) in [6.45, 7) is 0. The topological polar surface area (TPSA) is 59.4 Å². The number of carbonyl (C=O) groups is 1. The van der Waals surface area contributed by atoms with Crippen LogP contribution in [0.5, 0.6) is 5.75 Å². The van der Waals surface area contributed by atoms with Crippen LogP contribution in [0.3, 0.4) is 0 Å². The summed E-state index contributed by atoms with van der Waals surface area (Å²) in [4.78, 5) is 13.9. The second-order valence-electron chi connectivity index (χ2n) is 3.15. The molecule has 0 aromatic carbocycles. The molecule has 10 heteroatoms. The highest BCUT2D eigenvalue weighted by Crippen LogP contribution is 2.36. The lowest BCUT2D eigenvalue weighted by atomic mass is 10.1. The van der Waals surface area contributed by atoms with Crippen molar-refractivity contribution in [1.82, 2.24) is 4.98 Å². The monoisotopic (exact) mass is 305 g/mol. The molecule has 106 valence electrons. The van der Waals surface area contributed by atoms with Crippen LogP contribution >= 0.6 is 11.6 Å². The maximum absolute atomic E-state index is 12.7. The van der Waals surface area contributed by atoms with Gasteiger partial charge in [0.25, 0.3) is 6.43 Å². The van der Waals surface area contributed by atoms with Gasteiger partial charge in [-0.1, -0.05) is 0 Å². The number of halogens is 6. The maximum Gasteiger partial charge on any atom is 0.573 e. The Bertz CT molecular complexity index is 491. The zero-order chi connectivity index (χ0) is 14.8. The molecule has 0 radical (unpaired) electrons. The van der Waals surface area contributed by atoms with Gasteiger partial charge in [-0.25, -0.2) is 18.6 Å². The Morgan fingerprint density at radius 3 is 2.42 bits per heavy atom. The van der Waals surface area contributed by atoms with Gasteiger partial charge in [0, 0.05) is 6.07 Å². The lowest BCUT2D eigenvalue weighted by Crippen LogP contribution is -2.20. The SMILES string of the molecule is O=C(O)c1cc(OC(F)(F)F)c(C(F)F)c(CCl)n1. The van der Waals surface area contributed by atoms with Crippen molar-refractivity contribution in [3.63, 3.8) is 0 Å². The van der Waals surface area contributed by atoms with Crippen LogP contribution in [0.25, 0.3) is 0 Å². The van der Waals surface area contributed by atoms with Crippen LogP contribution in [0.2, 0.25) is 0 Å². The number of hydrogen-bond acceptors (Lipinski definition) is 3. The number of hydrogen-bond donors (Lipinski definition) is 1. The standard InChI is InChI=1S/C9H5ClF5NO3/c10-2-4-6(7(11)12)5(19-9(13,14)15)1-3(16-4)8(17)18/h1,7H,2H2,(H,17,18). The predicted octanol–water partition coefficient (Wildman–Crippen LogP) is 3.35. The molecular formula is C9H5ClF5NO3. The Morgan fingerprint density at radius 1 is 1.47 bits per heavy atom. The normalized spacial score (nSPS) is 11.7. The molecule has 0 saturated carbocycles. The van der Waals surface area contributed by atoms with E-state index in [1.54, 1.807) is 0 Å². The van der Waals surface area contributed by atoms with E-state index in [1.807, 2.05) is 0 Å². The van der Waals surface area contributed by atoms with Gasteiger partial charge >= 0.3 is 12.3 Å². The molecule has 0 bridgehead atoms. The summed E-state index contributed by atoms with van der Waals surface area (Å²) in [6.07, 6.45) is -8.59. The third kappa shape index (κ3) is 3.91. The van der Waals surface area contributed by atoms with E-state index in [4.69, 9.17) is 16.7 Å². The van der Waals surface area contributed by atoms with Crippen molar-refractivity contribution in [2.24, 2.45) is 0 Å². The third-order valence-electron chi connectivity index (χ3n) is 1.89. The highest BCUT2D eigenvalue weighted by molar-refractivity contribution is 6.17. The maximum atomic E-state index is 12.7. The average Bonchev–Trinajstić information content (AvgIpc) is 2.24. The Morgan fingerprint density at radius 2 is 2.05 bits per heavy atom. The number of rotatable bonds is 4. The smallest absolute Gasteiger partial charge is 0.477 e. The van der Waals surface area contributed by atoms with E-state index in [9.17, 15) is 26.7 Å². The highest BCUT2D eigenvalue weighted by atomic mass is 35.5. The van der Waals surface area contributed by atoms with Crippen molar-refractivity contribution in [2.75, 3.05) is 0 Å². The highest BCUT2D eigenvalue weighted by Gasteiger charge is 2.35. The Hall–Kier alpha value is -1.64. The van der Waals surface area contributed by atoms with Gasteiger partial charge in [-0.15, -0.1) is 24.8 Å². The summed E-state index contributed by atoms with van der Waals surface area (Å²) in [5.74, 6) is -3.71. The van der Waals surface area contributed by atoms with E-state index in [1.165, 1.54) is 0 Å². The summed E-state index contributed by atoms with van der Waals surface area (Å²) in [5.41, 5.74) is -2.74. The van der Waals surface area contributed by atoms with Crippen LogP contribution in [0.1, 0.15) is 28.2 Å². The van der Waals surface area contributed by atoms with Gasteiger partial charge in [0.2, 0.25) is 0 Å². The first-order valence-corrected chi connectivity index (χ1v) is 5.06. The van der Waals surface area contributed by atoms with Crippen molar-refractivity contribution in [3.05, 3.63) is 23.0 Å². The molecule has 0 saturated heterocycles. The molecule has 0 atom stereocenters. The molecular weight excluding hydrogens is 301 g/mol. The molecule has 19 heavy (non-hydrogen) atoms. The molecule has 0 amide bonds. The molecule has 0 fully saturated rings. The van der Waals surface area contributed by atoms with Gasteiger partial charge in [-0.05, 0) is 0 Å². The lowest BCUT2D eigenvalue weighted by molar-refractivity contribution is -0.275. The number of carboxylic acids is 1. The fraction of sp³-hybridized carbons (Fsp3) is 0.333. The van der Waals surface area contributed by atoms with Gasteiger partial charge in [-0.3, -0.25) is 0 Å². The summed E-state index contributed by atoms with van der Waals surface area (Å²) in [6, 6.07) is 0.271. The van der Waals surface area contributed by atoms with Crippen LogP contribution in [0, 0.1) is 0 Å². The van der Waals surface area contributed by atoms with Gasteiger partial charge in [0.1, 0.15) is 5.75 Å². The quantitative estimate of drug-likeness (QED) is 0.684. The molecule has 1 rings (SSSR count). The van der Waals surface area contributed by atoms with Gasteiger partial charge in [-0.2, -0.15) is 0 Å². The fourth-order valence-electron chi connectivity index (χ4n) is 1.24. The Kier molecular flexibility index (Phi) is 4.51. The van der Waals surface area contributed by atoms with E-state index in [2.05, 4.69) is 9.72 Å². The fourth-order valence-corrected chi connectivity index (χ4v) is 1.44. The number of aromatic carboxylic acids is 1. The first kappa shape index (κ1) is 15.4. The van der Waals surface area contributed by atoms with E-state index in [0.717, 1.165) is 0 Å². The van der Waals surface area contributed by atoms with Crippen LogP contribution in [0.15, 0.2) is 6.07 Å². The minimum absolute atomic E-state index is 0.271. The van der Waals surface area contributed by atoms with Crippen molar-refractivity contribution < 1.29 is 36.6 Å². The van der Waals surface area contributed by atoms with Crippen molar-refractivity contribution in [1.29, 1.82) is 0 Å². The number of pyridine rings is 1. The minimum Gasteiger partial charge on any atom is -0.477 e. The minimum atomic E-state index is -5.25. The number of aromatic nitrogens is 1. The molecule has 4 nitrogen and oxygen atoms in total. The first-order chi connectivity index (χ1) is 8.65. The summed E-state index contributed by atoms with van der Waals surface area (Å²) in [5, 5.41) is 8.63. The van der Waals surface area contributed by atoms with Crippen LogP contribution in [-0.4, -0.2) is 22.4 Å². The zero-order valence-corrected chi connectivity index (χ0v) is 9.60. The third-order valence-corrected chi connectivity index (χ3v) is 2.14. The van der Waals surface area contributed by atoms with Crippen molar-refractivity contribution in [2.45, 2.75) is 18.7 Å². The number of carboxylic acid groups (broad SMARTS) is 1. The second-order valence-corrected chi connectivity index (χ2v) is 3.42. The predicted molar refractivity (Wildman–Crippen MR) is 52.4 cm³/mol. The molecule has 0 unspecified atom stereocenters. The lowest BCUT2D eigenvalue weighted by Gasteiger charge is -2.15. The molecule has 1 aromatic heterocycles. The molecule has 0 aliphatic rings. The molecule has 0 aliphatic carbocycles. The van der Waals surface area contributed by atoms with Gasteiger partial charge < -0.3 is 9.84 Å². The molecule has 1 heterocycles.